The van der Waals surface area contributed by atoms with Crippen LogP contribution in [0.25, 0.3) is 0 Å². The second-order valence-corrected chi connectivity index (χ2v) is 8.94. The molecule has 2 heterocycles. The van der Waals surface area contributed by atoms with Gasteiger partial charge in [0.15, 0.2) is 5.96 Å². The number of aliphatic hydroxyl groups excluding tert-OH is 1. The van der Waals surface area contributed by atoms with Crippen LogP contribution in [-0.2, 0) is 4.74 Å². The molecule has 1 fully saturated rings. The van der Waals surface area contributed by atoms with Gasteiger partial charge in [0.2, 0.25) is 0 Å². The van der Waals surface area contributed by atoms with Crippen molar-refractivity contribution in [2.24, 2.45) is 10.9 Å². The molecular formula is C19H33ClN4O2S. The van der Waals surface area contributed by atoms with Gasteiger partial charge in [0.05, 0.1) is 24.1 Å². The number of nitrogens with zero attached hydrogens (tertiary/aromatic N) is 2. The predicted octanol–water partition coefficient (Wildman–Crippen LogP) is 2.74. The number of aliphatic imine (C=N–C) groups is 1. The molecule has 0 aliphatic carbocycles. The maximum absolute atomic E-state index is 10.3. The summed E-state index contributed by atoms with van der Waals surface area (Å²) in [4.78, 5) is 8.13. The molecule has 0 saturated carbocycles. The van der Waals surface area contributed by atoms with E-state index in [1.165, 1.54) is 11.3 Å². The van der Waals surface area contributed by atoms with Gasteiger partial charge in [0.1, 0.15) is 6.10 Å². The lowest BCUT2D eigenvalue weighted by atomic mass is 10.0. The highest BCUT2D eigenvalue weighted by Gasteiger charge is 2.22. The van der Waals surface area contributed by atoms with Crippen molar-refractivity contribution >= 4 is 28.9 Å². The van der Waals surface area contributed by atoms with Crippen LogP contribution in [0.15, 0.2) is 17.1 Å². The molecule has 0 spiro atoms. The van der Waals surface area contributed by atoms with Crippen LogP contribution in [0.3, 0.4) is 0 Å². The lowest BCUT2D eigenvalue weighted by Crippen LogP contribution is -2.46. The minimum Gasteiger partial charge on any atom is -0.386 e. The number of aliphatic hydroxyl groups is 1. The maximum atomic E-state index is 10.3. The molecule has 1 aromatic heterocycles. The number of thiophene rings is 1. The number of morpholine rings is 1. The first-order chi connectivity index (χ1) is 13.0. The zero-order valence-electron chi connectivity index (χ0n) is 16.6. The fourth-order valence-corrected chi connectivity index (χ4v) is 4.21. The Kier molecular flexibility index (Phi) is 9.86. The first-order valence-electron chi connectivity index (χ1n) is 9.76. The Hall–Kier alpha value is -0.860. The summed E-state index contributed by atoms with van der Waals surface area (Å²) in [7, 11) is 0. The first kappa shape index (κ1) is 22.4. The second-order valence-electron chi connectivity index (χ2n) is 7.19. The Morgan fingerprint density at radius 3 is 2.67 bits per heavy atom. The van der Waals surface area contributed by atoms with E-state index in [1.54, 1.807) is 0 Å². The third kappa shape index (κ3) is 7.95. The van der Waals surface area contributed by atoms with Crippen LogP contribution in [0.2, 0.25) is 4.34 Å². The summed E-state index contributed by atoms with van der Waals surface area (Å²) in [5, 5.41) is 16.9. The molecule has 0 amide bonds. The molecule has 27 heavy (non-hydrogen) atoms. The average Bonchev–Trinajstić information content (AvgIpc) is 3.09. The van der Waals surface area contributed by atoms with E-state index in [4.69, 9.17) is 21.3 Å². The molecule has 1 aromatic rings. The van der Waals surface area contributed by atoms with Crippen LogP contribution in [-0.4, -0.2) is 67.9 Å². The highest BCUT2D eigenvalue weighted by atomic mass is 35.5. The zero-order valence-corrected chi connectivity index (χ0v) is 18.2. The summed E-state index contributed by atoms with van der Waals surface area (Å²) < 4.78 is 6.18. The van der Waals surface area contributed by atoms with E-state index in [1.807, 2.05) is 19.1 Å². The highest BCUT2D eigenvalue weighted by Crippen LogP contribution is 2.26. The van der Waals surface area contributed by atoms with Crippen LogP contribution in [0, 0.1) is 5.92 Å². The Morgan fingerprint density at radius 2 is 2.07 bits per heavy atom. The van der Waals surface area contributed by atoms with E-state index in [0.717, 1.165) is 56.7 Å². The topological polar surface area (TPSA) is 69.1 Å². The molecule has 2 unspecified atom stereocenters. The van der Waals surface area contributed by atoms with Crippen molar-refractivity contribution in [3.05, 3.63) is 21.3 Å². The fourth-order valence-electron chi connectivity index (χ4n) is 3.17. The lowest BCUT2D eigenvalue weighted by molar-refractivity contribution is 0.0143. The number of hydrogen-bond donors (Lipinski definition) is 3. The second kappa shape index (κ2) is 11.9. The molecule has 2 atom stereocenters. The molecular weight excluding hydrogens is 384 g/mol. The largest absolute Gasteiger partial charge is 0.386 e. The van der Waals surface area contributed by atoms with Gasteiger partial charge in [-0.05, 0) is 31.4 Å². The quantitative estimate of drug-likeness (QED) is 0.426. The van der Waals surface area contributed by atoms with Gasteiger partial charge in [-0.25, -0.2) is 0 Å². The van der Waals surface area contributed by atoms with Gasteiger partial charge in [0.25, 0.3) is 0 Å². The summed E-state index contributed by atoms with van der Waals surface area (Å²) in [6, 6.07) is 4.08. The lowest BCUT2D eigenvalue weighted by Gasteiger charge is -2.34. The van der Waals surface area contributed by atoms with Crippen molar-refractivity contribution in [2.75, 3.05) is 45.9 Å². The third-order valence-corrected chi connectivity index (χ3v) is 5.83. The molecule has 8 heteroatoms. The molecule has 1 aliphatic heterocycles. The Balaban J connectivity index is 1.94. The Bertz CT molecular complexity index is 576. The molecule has 154 valence electrons. The molecule has 1 aliphatic rings. The highest BCUT2D eigenvalue weighted by molar-refractivity contribution is 7.16. The predicted molar refractivity (Wildman–Crippen MR) is 114 cm³/mol. The molecule has 3 N–H and O–H groups in total. The van der Waals surface area contributed by atoms with Gasteiger partial charge in [-0.3, -0.25) is 9.89 Å². The smallest absolute Gasteiger partial charge is 0.191 e. The van der Waals surface area contributed by atoms with Gasteiger partial charge in [-0.1, -0.05) is 25.4 Å². The summed E-state index contributed by atoms with van der Waals surface area (Å²) in [5.74, 6) is 1.36. The van der Waals surface area contributed by atoms with E-state index >= 15 is 0 Å². The van der Waals surface area contributed by atoms with E-state index in [9.17, 15) is 5.11 Å². The summed E-state index contributed by atoms with van der Waals surface area (Å²) in [6.45, 7) is 12.0. The minimum absolute atomic E-state index is 0.398. The average molecular weight is 417 g/mol. The van der Waals surface area contributed by atoms with Crippen molar-refractivity contribution in [1.29, 1.82) is 0 Å². The Labute approximate surface area is 172 Å². The summed E-state index contributed by atoms with van der Waals surface area (Å²) in [5.41, 5.74) is 0. The zero-order chi connectivity index (χ0) is 19.6. The van der Waals surface area contributed by atoms with Gasteiger partial charge in [-0.2, -0.15) is 0 Å². The van der Waals surface area contributed by atoms with Crippen LogP contribution < -0.4 is 10.6 Å². The van der Waals surface area contributed by atoms with Crippen molar-refractivity contribution in [3.63, 3.8) is 0 Å². The maximum Gasteiger partial charge on any atom is 0.191 e. The number of rotatable bonds is 9. The van der Waals surface area contributed by atoms with E-state index in [-0.39, 0.29) is 0 Å². The van der Waals surface area contributed by atoms with Crippen molar-refractivity contribution in [3.8, 4) is 0 Å². The number of guanidine groups is 1. The van der Waals surface area contributed by atoms with Crippen LogP contribution >= 0.6 is 22.9 Å². The molecule has 0 aromatic carbocycles. The van der Waals surface area contributed by atoms with Crippen molar-refractivity contribution < 1.29 is 9.84 Å². The minimum atomic E-state index is -0.600. The van der Waals surface area contributed by atoms with Crippen molar-refractivity contribution in [1.82, 2.24) is 15.5 Å². The van der Waals surface area contributed by atoms with Crippen LogP contribution in [0.5, 0.6) is 0 Å². The van der Waals surface area contributed by atoms with E-state index < -0.39 is 6.10 Å². The standard InChI is InChI=1S/C19H33ClN4O2S/c1-4-21-19(23-13-16(25)17-5-6-18(20)27-17)22-12-15(11-14(2)3)24-7-9-26-10-8-24/h5-6,14-16,25H,4,7-13H2,1-3H3,(H2,21,22,23). The van der Waals surface area contributed by atoms with Gasteiger partial charge in [0, 0.05) is 37.1 Å². The van der Waals surface area contributed by atoms with Gasteiger partial charge >= 0.3 is 0 Å². The Morgan fingerprint density at radius 1 is 1.33 bits per heavy atom. The third-order valence-electron chi connectivity index (χ3n) is 4.50. The van der Waals surface area contributed by atoms with Crippen LogP contribution in [0.1, 0.15) is 38.2 Å². The molecule has 2 rings (SSSR count). The molecule has 0 radical (unpaired) electrons. The fraction of sp³-hybridized carbons (Fsp3) is 0.737. The number of halogens is 1. The SMILES string of the molecule is CCNC(=NCC(CC(C)C)N1CCOCC1)NCC(O)c1ccc(Cl)s1. The van der Waals surface area contributed by atoms with E-state index in [2.05, 4.69) is 29.4 Å². The molecule has 1 saturated heterocycles. The monoisotopic (exact) mass is 416 g/mol. The number of nitrogens with one attached hydrogen (secondary N) is 2. The normalized spacial score (nSPS) is 18.5. The van der Waals surface area contributed by atoms with Gasteiger partial charge in [-0.15, -0.1) is 11.3 Å². The summed E-state index contributed by atoms with van der Waals surface area (Å²) >= 11 is 7.36. The van der Waals surface area contributed by atoms with Gasteiger partial charge < -0.3 is 20.5 Å². The van der Waals surface area contributed by atoms with Crippen LogP contribution in [0.4, 0.5) is 0 Å². The number of ether oxygens (including phenoxy) is 1. The molecule has 6 nitrogen and oxygen atoms in total. The molecule has 0 bridgehead atoms. The number of hydrogen-bond acceptors (Lipinski definition) is 5. The summed E-state index contributed by atoms with van der Waals surface area (Å²) in [6.07, 6.45) is 0.510. The van der Waals surface area contributed by atoms with E-state index in [0.29, 0.717) is 22.8 Å². The first-order valence-corrected chi connectivity index (χ1v) is 11.0. The van der Waals surface area contributed by atoms with Crippen molar-refractivity contribution in [2.45, 2.75) is 39.3 Å².